The molecule has 96 valence electrons. The van der Waals surface area contributed by atoms with Gasteiger partial charge < -0.3 is 11.1 Å². The molecule has 1 heterocycles. The molecule has 0 spiro atoms. The lowest BCUT2D eigenvalue weighted by molar-refractivity contribution is 0.768. The van der Waals surface area contributed by atoms with E-state index in [0.29, 0.717) is 12.0 Å². The van der Waals surface area contributed by atoms with Crippen LogP contribution in [0.3, 0.4) is 0 Å². The second-order valence-corrected chi connectivity index (χ2v) is 5.26. The fraction of sp³-hybridized carbons (Fsp3) is 0.385. The van der Waals surface area contributed by atoms with Crippen molar-refractivity contribution < 1.29 is 0 Å². The Kier molecular flexibility index (Phi) is 4.25. The van der Waals surface area contributed by atoms with Crippen LogP contribution in [0, 0.1) is 0 Å². The number of aromatic nitrogens is 2. The Labute approximate surface area is 111 Å². The summed E-state index contributed by atoms with van der Waals surface area (Å²) in [5.74, 6) is 2.27. The van der Waals surface area contributed by atoms with Gasteiger partial charge >= 0.3 is 0 Å². The SMILES string of the molecule is CSCCC(C)Nc1nc(N)nc2ccccc12. The molecule has 0 fully saturated rings. The summed E-state index contributed by atoms with van der Waals surface area (Å²) in [5, 5.41) is 4.43. The third kappa shape index (κ3) is 3.04. The molecule has 1 atom stereocenters. The maximum Gasteiger partial charge on any atom is 0.222 e. The van der Waals surface area contributed by atoms with Gasteiger partial charge in [-0.3, -0.25) is 0 Å². The zero-order valence-electron chi connectivity index (χ0n) is 10.7. The number of benzene rings is 1. The van der Waals surface area contributed by atoms with Crippen LogP contribution in [0.2, 0.25) is 0 Å². The van der Waals surface area contributed by atoms with E-state index in [9.17, 15) is 0 Å². The Morgan fingerprint density at radius 1 is 1.33 bits per heavy atom. The molecule has 0 bridgehead atoms. The number of anilines is 2. The fourth-order valence-corrected chi connectivity index (χ4v) is 2.39. The molecule has 0 aliphatic rings. The first-order valence-corrected chi connectivity index (χ1v) is 7.38. The summed E-state index contributed by atoms with van der Waals surface area (Å²) in [7, 11) is 0. The topological polar surface area (TPSA) is 63.8 Å². The quantitative estimate of drug-likeness (QED) is 0.867. The Bertz CT molecular complexity index is 529. The smallest absolute Gasteiger partial charge is 0.222 e. The van der Waals surface area contributed by atoms with E-state index in [-0.39, 0.29) is 0 Å². The van der Waals surface area contributed by atoms with E-state index < -0.39 is 0 Å². The van der Waals surface area contributed by atoms with Gasteiger partial charge in [-0.25, -0.2) is 4.98 Å². The van der Waals surface area contributed by atoms with Crippen LogP contribution >= 0.6 is 11.8 Å². The second kappa shape index (κ2) is 5.91. The fourth-order valence-electron chi connectivity index (χ4n) is 1.80. The highest BCUT2D eigenvalue weighted by Gasteiger charge is 2.08. The number of fused-ring (bicyclic) bond motifs is 1. The van der Waals surface area contributed by atoms with Gasteiger partial charge in [0.25, 0.3) is 0 Å². The molecular weight excluding hydrogens is 244 g/mol. The first kappa shape index (κ1) is 13.0. The molecule has 2 aromatic rings. The predicted molar refractivity (Wildman–Crippen MR) is 80.0 cm³/mol. The van der Waals surface area contributed by atoms with E-state index in [1.54, 1.807) is 0 Å². The molecule has 18 heavy (non-hydrogen) atoms. The van der Waals surface area contributed by atoms with Gasteiger partial charge in [-0.1, -0.05) is 12.1 Å². The molecule has 1 unspecified atom stereocenters. The van der Waals surface area contributed by atoms with E-state index in [1.807, 2.05) is 36.0 Å². The highest BCUT2D eigenvalue weighted by Crippen LogP contribution is 2.21. The van der Waals surface area contributed by atoms with Gasteiger partial charge in [0.1, 0.15) is 5.82 Å². The maximum absolute atomic E-state index is 5.73. The average molecular weight is 262 g/mol. The third-order valence-electron chi connectivity index (χ3n) is 2.76. The van der Waals surface area contributed by atoms with Crippen molar-refractivity contribution in [3.8, 4) is 0 Å². The Morgan fingerprint density at radius 2 is 2.11 bits per heavy atom. The lowest BCUT2D eigenvalue weighted by Crippen LogP contribution is -2.17. The lowest BCUT2D eigenvalue weighted by Gasteiger charge is -2.15. The number of nitrogen functional groups attached to an aromatic ring is 1. The van der Waals surface area contributed by atoms with Gasteiger partial charge in [-0.15, -0.1) is 0 Å². The monoisotopic (exact) mass is 262 g/mol. The summed E-state index contributed by atoms with van der Waals surface area (Å²) in [6, 6.07) is 8.27. The molecule has 1 aromatic heterocycles. The number of hydrogen-bond donors (Lipinski definition) is 2. The van der Waals surface area contributed by atoms with Crippen LogP contribution in [0.4, 0.5) is 11.8 Å². The standard InChI is InChI=1S/C13H18N4S/c1-9(7-8-18-2)15-12-10-5-3-4-6-11(10)16-13(14)17-12/h3-6,9H,7-8H2,1-2H3,(H3,14,15,16,17). The van der Waals surface area contributed by atoms with Crippen LogP contribution in [0.1, 0.15) is 13.3 Å². The molecule has 5 heteroatoms. The predicted octanol–water partition coefficient (Wildman–Crippen LogP) is 2.77. The van der Waals surface area contributed by atoms with E-state index in [4.69, 9.17) is 5.73 Å². The molecule has 0 amide bonds. The second-order valence-electron chi connectivity index (χ2n) is 4.27. The Hall–Kier alpha value is -1.49. The van der Waals surface area contributed by atoms with Crippen molar-refractivity contribution in [2.24, 2.45) is 0 Å². The van der Waals surface area contributed by atoms with Gasteiger partial charge in [-0.05, 0) is 37.5 Å². The summed E-state index contributed by atoms with van der Waals surface area (Å²) in [6.07, 6.45) is 3.21. The lowest BCUT2D eigenvalue weighted by atomic mass is 10.2. The number of para-hydroxylation sites is 1. The van der Waals surface area contributed by atoms with E-state index in [2.05, 4.69) is 28.5 Å². The number of thioether (sulfide) groups is 1. The van der Waals surface area contributed by atoms with Crippen molar-refractivity contribution >= 4 is 34.4 Å². The summed E-state index contributed by atoms with van der Waals surface area (Å²) in [5.41, 5.74) is 6.61. The number of rotatable bonds is 5. The van der Waals surface area contributed by atoms with Crippen LogP contribution < -0.4 is 11.1 Å². The minimum atomic E-state index is 0.313. The zero-order chi connectivity index (χ0) is 13.0. The van der Waals surface area contributed by atoms with Crippen LogP contribution in [-0.4, -0.2) is 28.0 Å². The normalized spacial score (nSPS) is 12.6. The van der Waals surface area contributed by atoms with Crippen molar-refractivity contribution in [2.45, 2.75) is 19.4 Å². The molecule has 4 nitrogen and oxygen atoms in total. The van der Waals surface area contributed by atoms with Crippen molar-refractivity contribution in [3.05, 3.63) is 24.3 Å². The van der Waals surface area contributed by atoms with Gasteiger partial charge in [0.2, 0.25) is 5.95 Å². The Morgan fingerprint density at radius 3 is 2.89 bits per heavy atom. The van der Waals surface area contributed by atoms with E-state index in [1.165, 1.54) is 0 Å². The molecule has 0 aliphatic carbocycles. The largest absolute Gasteiger partial charge is 0.368 e. The highest BCUT2D eigenvalue weighted by molar-refractivity contribution is 7.98. The van der Waals surface area contributed by atoms with Crippen molar-refractivity contribution in [1.29, 1.82) is 0 Å². The van der Waals surface area contributed by atoms with Crippen LogP contribution in [0.15, 0.2) is 24.3 Å². The number of nitrogens with zero attached hydrogens (tertiary/aromatic N) is 2. The molecule has 2 rings (SSSR count). The molecular formula is C13H18N4S. The van der Waals surface area contributed by atoms with Gasteiger partial charge in [0.05, 0.1) is 5.52 Å². The Balaban J connectivity index is 2.26. The molecule has 3 N–H and O–H groups in total. The minimum absolute atomic E-state index is 0.313. The number of nitrogens with one attached hydrogen (secondary N) is 1. The minimum Gasteiger partial charge on any atom is -0.368 e. The van der Waals surface area contributed by atoms with Crippen LogP contribution in [-0.2, 0) is 0 Å². The van der Waals surface area contributed by atoms with Crippen molar-refractivity contribution in [3.63, 3.8) is 0 Å². The van der Waals surface area contributed by atoms with Gasteiger partial charge in [0.15, 0.2) is 0 Å². The maximum atomic E-state index is 5.73. The molecule has 0 saturated carbocycles. The highest BCUT2D eigenvalue weighted by atomic mass is 32.2. The van der Waals surface area contributed by atoms with Gasteiger partial charge in [0, 0.05) is 11.4 Å². The number of nitrogens with two attached hydrogens (primary N) is 1. The van der Waals surface area contributed by atoms with Crippen molar-refractivity contribution in [1.82, 2.24) is 9.97 Å². The van der Waals surface area contributed by atoms with Crippen LogP contribution in [0.5, 0.6) is 0 Å². The summed E-state index contributed by atoms with van der Waals surface area (Å²) in [4.78, 5) is 8.53. The zero-order valence-corrected chi connectivity index (χ0v) is 11.5. The molecule has 1 aromatic carbocycles. The van der Waals surface area contributed by atoms with Crippen LogP contribution in [0.25, 0.3) is 10.9 Å². The van der Waals surface area contributed by atoms with Crippen molar-refractivity contribution in [2.75, 3.05) is 23.1 Å². The molecule has 0 saturated heterocycles. The average Bonchev–Trinajstić information content (AvgIpc) is 2.36. The number of hydrogen-bond acceptors (Lipinski definition) is 5. The summed E-state index contributed by atoms with van der Waals surface area (Å²) < 4.78 is 0. The summed E-state index contributed by atoms with van der Waals surface area (Å²) >= 11 is 1.85. The van der Waals surface area contributed by atoms with E-state index >= 15 is 0 Å². The first-order chi connectivity index (χ1) is 8.70. The molecule has 0 aliphatic heterocycles. The van der Waals surface area contributed by atoms with E-state index in [0.717, 1.165) is 28.9 Å². The van der Waals surface area contributed by atoms with Gasteiger partial charge in [-0.2, -0.15) is 16.7 Å². The third-order valence-corrected chi connectivity index (χ3v) is 3.40. The summed E-state index contributed by atoms with van der Waals surface area (Å²) in [6.45, 7) is 2.16. The first-order valence-electron chi connectivity index (χ1n) is 5.98. The molecule has 0 radical (unpaired) electrons.